The average molecular weight is 428 g/mol. The van der Waals surface area contributed by atoms with Gasteiger partial charge in [-0.3, -0.25) is 9.59 Å². The summed E-state index contributed by atoms with van der Waals surface area (Å²) in [6.07, 6.45) is 1.20. The fourth-order valence-corrected chi connectivity index (χ4v) is 4.36. The van der Waals surface area contributed by atoms with Crippen molar-refractivity contribution in [3.63, 3.8) is 0 Å². The zero-order chi connectivity index (χ0) is 21.3. The standard InChI is InChI=1S/C23H26ClN3O3/c1-3-26-15-17(30-21-8-5-4-7-19(21)26)14-25(2)23(29)16-10-11-18(24)20(13-16)27-12-6-9-22(27)28/h4-5,7-8,10-11,13,17H,3,6,9,12,14-15H2,1-2H3. The molecule has 1 saturated heterocycles. The first-order valence-electron chi connectivity index (χ1n) is 10.3. The predicted octanol–water partition coefficient (Wildman–Crippen LogP) is 3.83. The second-order valence-corrected chi connectivity index (χ2v) is 8.15. The second kappa shape index (κ2) is 8.56. The Morgan fingerprint density at radius 3 is 2.77 bits per heavy atom. The van der Waals surface area contributed by atoms with Crippen LogP contribution in [-0.2, 0) is 4.79 Å². The molecular weight excluding hydrogens is 402 g/mol. The van der Waals surface area contributed by atoms with Crippen molar-refractivity contribution in [3.05, 3.63) is 53.1 Å². The van der Waals surface area contributed by atoms with Crippen LogP contribution in [0.15, 0.2) is 42.5 Å². The number of hydrogen-bond acceptors (Lipinski definition) is 4. The van der Waals surface area contributed by atoms with E-state index in [1.165, 1.54) is 0 Å². The van der Waals surface area contributed by atoms with Gasteiger partial charge in [0.05, 0.1) is 29.5 Å². The van der Waals surface area contributed by atoms with Crippen LogP contribution in [0, 0.1) is 0 Å². The van der Waals surface area contributed by atoms with Gasteiger partial charge in [0.25, 0.3) is 5.91 Å². The number of nitrogens with zero attached hydrogens (tertiary/aromatic N) is 3. The Hall–Kier alpha value is -2.73. The summed E-state index contributed by atoms with van der Waals surface area (Å²) in [5.41, 5.74) is 2.21. The van der Waals surface area contributed by atoms with Crippen molar-refractivity contribution in [3.8, 4) is 5.75 Å². The lowest BCUT2D eigenvalue weighted by Crippen LogP contribution is -2.46. The smallest absolute Gasteiger partial charge is 0.253 e. The van der Waals surface area contributed by atoms with Gasteiger partial charge in [0.1, 0.15) is 11.9 Å². The zero-order valence-electron chi connectivity index (χ0n) is 17.3. The topological polar surface area (TPSA) is 53.1 Å². The number of halogens is 1. The highest BCUT2D eigenvalue weighted by molar-refractivity contribution is 6.34. The molecule has 0 aromatic heterocycles. The lowest BCUT2D eigenvalue weighted by Gasteiger charge is -2.37. The maximum Gasteiger partial charge on any atom is 0.253 e. The number of carbonyl (C=O) groups excluding carboxylic acids is 2. The second-order valence-electron chi connectivity index (χ2n) is 7.75. The highest BCUT2D eigenvalue weighted by atomic mass is 35.5. The normalized spacial score (nSPS) is 18.2. The molecule has 2 aromatic carbocycles. The number of ether oxygens (including phenoxy) is 1. The minimum absolute atomic E-state index is 0.0452. The molecule has 1 unspecified atom stereocenters. The minimum atomic E-state index is -0.124. The molecule has 0 aliphatic carbocycles. The summed E-state index contributed by atoms with van der Waals surface area (Å²) in [5, 5.41) is 0.482. The summed E-state index contributed by atoms with van der Waals surface area (Å²) < 4.78 is 6.15. The first kappa shape index (κ1) is 20.5. The molecule has 7 heteroatoms. The quantitative estimate of drug-likeness (QED) is 0.727. The molecule has 6 nitrogen and oxygen atoms in total. The summed E-state index contributed by atoms with van der Waals surface area (Å²) in [4.78, 5) is 30.8. The van der Waals surface area contributed by atoms with Gasteiger partial charge in [0.2, 0.25) is 5.91 Å². The Labute approximate surface area is 182 Å². The summed E-state index contributed by atoms with van der Waals surface area (Å²) in [6, 6.07) is 13.1. The Kier molecular flexibility index (Phi) is 5.86. The molecule has 2 heterocycles. The van der Waals surface area contributed by atoms with Crippen LogP contribution < -0.4 is 14.5 Å². The van der Waals surface area contributed by atoms with Crippen molar-refractivity contribution in [1.29, 1.82) is 0 Å². The van der Waals surface area contributed by atoms with E-state index in [0.717, 1.165) is 30.9 Å². The van der Waals surface area contributed by atoms with Crippen LogP contribution in [0.5, 0.6) is 5.75 Å². The molecule has 0 bridgehead atoms. The van der Waals surface area contributed by atoms with Crippen LogP contribution in [0.25, 0.3) is 0 Å². The van der Waals surface area contributed by atoms with Gasteiger partial charge in [-0.2, -0.15) is 0 Å². The van der Waals surface area contributed by atoms with Crippen LogP contribution in [0.3, 0.4) is 0 Å². The van der Waals surface area contributed by atoms with Gasteiger partial charge in [-0.1, -0.05) is 23.7 Å². The number of hydrogen-bond donors (Lipinski definition) is 0. The monoisotopic (exact) mass is 427 g/mol. The third kappa shape index (κ3) is 3.97. The van der Waals surface area contributed by atoms with Gasteiger partial charge in [-0.25, -0.2) is 0 Å². The molecule has 1 fully saturated rings. The molecule has 2 amide bonds. The number of benzene rings is 2. The van der Waals surface area contributed by atoms with Crippen molar-refractivity contribution in [2.75, 3.05) is 43.0 Å². The molecule has 0 N–H and O–H groups in total. The van der Waals surface area contributed by atoms with Crippen molar-refractivity contribution in [2.24, 2.45) is 0 Å². The van der Waals surface area contributed by atoms with Gasteiger partial charge in [-0.05, 0) is 43.7 Å². The molecule has 0 saturated carbocycles. The minimum Gasteiger partial charge on any atom is -0.485 e. The number of anilines is 2. The fraction of sp³-hybridized carbons (Fsp3) is 0.391. The predicted molar refractivity (Wildman–Crippen MR) is 119 cm³/mol. The van der Waals surface area contributed by atoms with E-state index >= 15 is 0 Å². The highest BCUT2D eigenvalue weighted by Crippen LogP contribution is 2.33. The summed E-state index contributed by atoms with van der Waals surface area (Å²) in [6.45, 7) is 4.81. The Morgan fingerprint density at radius 2 is 2.03 bits per heavy atom. The van der Waals surface area contributed by atoms with E-state index in [0.29, 0.717) is 35.8 Å². The molecule has 30 heavy (non-hydrogen) atoms. The van der Waals surface area contributed by atoms with Gasteiger partial charge in [-0.15, -0.1) is 0 Å². The SMILES string of the molecule is CCN1CC(CN(C)C(=O)c2ccc(Cl)c(N3CCCC3=O)c2)Oc2ccccc21. The fourth-order valence-electron chi connectivity index (χ4n) is 4.14. The van der Waals surface area contributed by atoms with Gasteiger partial charge in [0.15, 0.2) is 0 Å². The Morgan fingerprint density at radius 1 is 1.23 bits per heavy atom. The van der Waals surface area contributed by atoms with Crippen molar-refractivity contribution in [2.45, 2.75) is 25.9 Å². The molecule has 2 aliphatic heterocycles. The van der Waals surface area contributed by atoms with Crippen LogP contribution in [0.1, 0.15) is 30.1 Å². The number of fused-ring (bicyclic) bond motifs is 1. The van der Waals surface area contributed by atoms with E-state index in [4.69, 9.17) is 16.3 Å². The van der Waals surface area contributed by atoms with Crippen LogP contribution >= 0.6 is 11.6 Å². The molecule has 0 radical (unpaired) electrons. The number of amides is 2. The number of carbonyl (C=O) groups is 2. The van der Waals surface area contributed by atoms with Crippen molar-refractivity contribution < 1.29 is 14.3 Å². The highest BCUT2D eigenvalue weighted by Gasteiger charge is 2.28. The number of likely N-dealkylation sites (N-methyl/N-ethyl adjacent to an activating group) is 2. The first-order chi connectivity index (χ1) is 14.5. The van der Waals surface area contributed by atoms with Crippen LogP contribution in [-0.4, -0.2) is 56.0 Å². The van der Waals surface area contributed by atoms with E-state index in [-0.39, 0.29) is 17.9 Å². The molecule has 1 atom stereocenters. The zero-order valence-corrected chi connectivity index (χ0v) is 18.1. The third-order valence-electron chi connectivity index (χ3n) is 5.69. The van der Waals surface area contributed by atoms with E-state index in [2.05, 4.69) is 17.9 Å². The third-order valence-corrected chi connectivity index (χ3v) is 6.01. The number of rotatable bonds is 5. The van der Waals surface area contributed by atoms with Crippen LogP contribution in [0.4, 0.5) is 11.4 Å². The Bertz CT molecular complexity index is 964. The largest absolute Gasteiger partial charge is 0.485 e. The summed E-state index contributed by atoms with van der Waals surface area (Å²) in [7, 11) is 1.78. The van der Waals surface area contributed by atoms with E-state index in [9.17, 15) is 9.59 Å². The van der Waals surface area contributed by atoms with Gasteiger partial charge in [0, 0.05) is 32.1 Å². The lowest BCUT2D eigenvalue weighted by molar-refractivity contribution is -0.117. The summed E-state index contributed by atoms with van der Waals surface area (Å²) >= 11 is 6.32. The van der Waals surface area contributed by atoms with Crippen LogP contribution in [0.2, 0.25) is 5.02 Å². The Balaban J connectivity index is 1.49. The molecule has 0 spiro atoms. The van der Waals surface area contributed by atoms with Gasteiger partial charge >= 0.3 is 0 Å². The van der Waals surface area contributed by atoms with E-state index in [1.54, 1.807) is 35.0 Å². The van der Waals surface area contributed by atoms with Gasteiger partial charge < -0.3 is 19.4 Å². The maximum absolute atomic E-state index is 13.1. The molecule has 2 aromatic rings. The maximum atomic E-state index is 13.1. The van der Waals surface area contributed by atoms with Crippen molar-refractivity contribution in [1.82, 2.24) is 4.90 Å². The van der Waals surface area contributed by atoms with E-state index in [1.807, 2.05) is 18.2 Å². The molecule has 158 valence electrons. The number of para-hydroxylation sites is 2. The molecule has 4 rings (SSSR count). The molecule has 2 aliphatic rings. The molecular formula is C23H26ClN3O3. The average Bonchev–Trinajstić information content (AvgIpc) is 3.18. The summed E-state index contributed by atoms with van der Waals surface area (Å²) in [5.74, 6) is 0.770. The lowest BCUT2D eigenvalue weighted by atomic mass is 10.1. The van der Waals surface area contributed by atoms with Crippen molar-refractivity contribution >= 4 is 34.8 Å². The van der Waals surface area contributed by atoms with E-state index < -0.39 is 0 Å². The first-order valence-corrected chi connectivity index (χ1v) is 10.7.